The highest BCUT2D eigenvalue weighted by Gasteiger charge is 2.07. The number of nitrogens with one attached hydrogen (secondary N) is 2. The fraction of sp³-hybridized carbons (Fsp3) is 0.176. The van der Waals surface area contributed by atoms with Crippen LogP contribution in [-0.4, -0.2) is 11.8 Å². The predicted octanol–water partition coefficient (Wildman–Crippen LogP) is 2.66. The number of halogens is 1. The molecule has 0 spiro atoms. The Morgan fingerprint density at radius 2 is 1.50 bits per heavy atom. The van der Waals surface area contributed by atoms with Gasteiger partial charge in [-0.25, -0.2) is 0 Å². The van der Waals surface area contributed by atoms with Crippen LogP contribution in [-0.2, 0) is 22.4 Å². The van der Waals surface area contributed by atoms with E-state index in [1.54, 1.807) is 6.07 Å². The molecule has 22 heavy (non-hydrogen) atoms. The van der Waals surface area contributed by atoms with Crippen LogP contribution in [0.2, 0.25) is 5.02 Å². The van der Waals surface area contributed by atoms with Gasteiger partial charge in [0.15, 0.2) is 0 Å². The number of hydrazine groups is 1. The Bertz CT molecular complexity index is 644. The van der Waals surface area contributed by atoms with Crippen molar-refractivity contribution in [2.75, 3.05) is 0 Å². The molecule has 0 radical (unpaired) electrons. The first-order valence-corrected chi connectivity index (χ1v) is 7.38. The average molecular weight is 317 g/mol. The minimum Gasteiger partial charge on any atom is -0.273 e. The highest BCUT2D eigenvalue weighted by atomic mass is 35.5. The number of aryl methyl sites for hydroxylation is 1. The van der Waals surface area contributed by atoms with E-state index in [0.29, 0.717) is 11.4 Å². The average Bonchev–Trinajstić information content (AvgIpc) is 2.53. The Morgan fingerprint density at radius 3 is 2.23 bits per heavy atom. The third kappa shape index (κ3) is 5.22. The topological polar surface area (TPSA) is 58.2 Å². The predicted molar refractivity (Wildman–Crippen MR) is 86.2 cm³/mol. The van der Waals surface area contributed by atoms with Gasteiger partial charge in [0.25, 0.3) is 0 Å². The molecule has 0 aliphatic rings. The van der Waals surface area contributed by atoms with Crippen molar-refractivity contribution in [3.63, 3.8) is 0 Å². The lowest BCUT2D eigenvalue weighted by Crippen LogP contribution is -2.42. The van der Waals surface area contributed by atoms with Crippen molar-refractivity contribution in [2.24, 2.45) is 0 Å². The molecule has 114 valence electrons. The summed E-state index contributed by atoms with van der Waals surface area (Å²) in [7, 11) is 0. The van der Waals surface area contributed by atoms with Crippen molar-refractivity contribution >= 4 is 23.4 Å². The van der Waals surface area contributed by atoms with E-state index in [4.69, 9.17) is 11.6 Å². The summed E-state index contributed by atoms with van der Waals surface area (Å²) in [5, 5.41) is 0.642. The Morgan fingerprint density at radius 1 is 0.864 bits per heavy atom. The van der Waals surface area contributed by atoms with Gasteiger partial charge < -0.3 is 0 Å². The highest BCUT2D eigenvalue weighted by Crippen LogP contribution is 2.16. The fourth-order valence-electron chi connectivity index (χ4n) is 1.98. The maximum atomic E-state index is 11.7. The highest BCUT2D eigenvalue weighted by molar-refractivity contribution is 6.31. The Labute approximate surface area is 134 Å². The van der Waals surface area contributed by atoms with Crippen LogP contribution in [0.15, 0.2) is 54.6 Å². The fourth-order valence-corrected chi connectivity index (χ4v) is 2.21. The molecule has 0 aliphatic heterocycles. The van der Waals surface area contributed by atoms with Crippen LogP contribution in [0.1, 0.15) is 17.5 Å². The Kier molecular flexibility index (Phi) is 5.98. The Balaban J connectivity index is 1.71. The van der Waals surface area contributed by atoms with Crippen LogP contribution < -0.4 is 10.9 Å². The van der Waals surface area contributed by atoms with E-state index >= 15 is 0 Å². The molecule has 0 aromatic heterocycles. The van der Waals surface area contributed by atoms with Gasteiger partial charge in [-0.2, -0.15) is 0 Å². The maximum Gasteiger partial charge on any atom is 0.242 e. The number of carbonyl (C=O) groups excluding carboxylic acids is 2. The van der Waals surface area contributed by atoms with Crippen molar-refractivity contribution in [1.82, 2.24) is 10.9 Å². The first-order chi connectivity index (χ1) is 10.6. The molecule has 0 fully saturated rings. The van der Waals surface area contributed by atoms with E-state index in [1.165, 1.54) is 0 Å². The second-order valence-electron chi connectivity index (χ2n) is 4.85. The molecule has 0 heterocycles. The number of hydrogen-bond acceptors (Lipinski definition) is 2. The van der Waals surface area contributed by atoms with Gasteiger partial charge in [0.1, 0.15) is 0 Å². The molecular formula is C17H17ClN2O2. The number of rotatable bonds is 5. The number of carbonyl (C=O) groups is 2. The van der Waals surface area contributed by atoms with Crippen LogP contribution in [0.4, 0.5) is 0 Å². The summed E-state index contributed by atoms with van der Waals surface area (Å²) in [5.41, 5.74) is 6.63. The molecule has 0 saturated heterocycles. The summed E-state index contributed by atoms with van der Waals surface area (Å²) in [4.78, 5) is 23.4. The summed E-state index contributed by atoms with van der Waals surface area (Å²) in [6.45, 7) is 0. The van der Waals surface area contributed by atoms with Crippen LogP contribution in [0, 0.1) is 0 Å². The van der Waals surface area contributed by atoms with E-state index in [9.17, 15) is 9.59 Å². The lowest BCUT2D eigenvalue weighted by Gasteiger charge is -2.08. The SMILES string of the molecule is O=C(CCc1ccccc1Cl)NNC(=O)Cc1ccccc1. The van der Waals surface area contributed by atoms with E-state index in [2.05, 4.69) is 10.9 Å². The standard InChI is InChI=1S/C17H17ClN2O2/c18-15-9-5-4-8-14(15)10-11-16(21)19-20-17(22)12-13-6-2-1-3-7-13/h1-9H,10-12H2,(H,19,21)(H,20,22). The summed E-state index contributed by atoms with van der Waals surface area (Å²) in [6.07, 6.45) is 1.01. The molecule has 2 N–H and O–H groups in total. The maximum absolute atomic E-state index is 11.7. The van der Waals surface area contributed by atoms with Crippen molar-refractivity contribution in [2.45, 2.75) is 19.3 Å². The van der Waals surface area contributed by atoms with Gasteiger partial charge in [-0.3, -0.25) is 20.4 Å². The van der Waals surface area contributed by atoms with Crippen molar-refractivity contribution in [3.05, 3.63) is 70.7 Å². The van der Waals surface area contributed by atoms with Gasteiger partial charge in [-0.15, -0.1) is 0 Å². The zero-order valence-corrected chi connectivity index (χ0v) is 12.8. The lowest BCUT2D eigenvalue weighted by molar-refractivity contribution is -0.128. The van der Waals surface area contributed by atoms with E-state index in [0.717, 1.165) is 11.1 Å². The molecule has 0 aliphatic carbocycles. The van der Waals surface area contributed by atoms with E-state index in [-0.39, 0.29) is 24.7 Å². The summed E-state index contributed by atoms with van der Waals surface area (Å²) >= 11 is 6.02. The summed E-state index contributed by atoms with van der Waals surface area (Å²) < 4.78 is 0. The molecule has 2 rings (SSSR count). The second kappa shape index (κ2) is 8.20. The molecule has 2 aromatic carbocycles. The minimum absolute atomic E-state index is 0.228. The Hall–Kier alpha value is -2.33. The normalized spacial score (nSPS) is 10.0. The molecular weight excluding hydrogens is 300 g/mol. The lowest BCUT2D eigenvalue weighted by atomic mass is 10.1. The molecule has 0 atom stereocenters. The quantitative estimate of drug-likeness (QED) is 0.833. The largest absolute Gasteiger partial charge is 0.273 e. The van der Waals surface area contributed by atoms with Gasteiger partial charge >= 0.3 is 0 Å². The summed E-state index contributed by atoms with van der Waals surface area (Å²) in [6, 6.07) is 16.7. The van der Waals surface area contributed by atoms with Crippen LogP contribution in [0.25, 0.3) is 0 Å². The molecule has 2 amide bonds. The van der Waals surface area contributed by atoms with Gasteiger partial charge in [0.05, 0.1) is 6.42 Å². The van der Waals surface area contributed by atoms with Crippen LogP contribution in [0.3, 0.4) is 0 Å². The number of amides is 2. The molecule has 2 aromatic rings. The first-order valence-electron chi connectivity index (χ1n) is 7.00. The zero-order valence-electron chi connectivity index (χ0n) is 12.0. The van der Waals surface area contributed by atoms with Crippen molar-refractivity contribution in [1.29, 1.82) is 0 Å². The monoisotopic (exact) mass is 316 g/mol. The molecule has 0 unspecified atom stereocenters. The van der Waals surface area contributed by atoms with Gasteiger partial charge in [-0.05, 0) is 23.6 Å². The molecule has 0 bridgehead atoms. The van der Waals surface area contributed by atoms with E-state index < -0.39 is 0 Å². The summed E-state index contributed by atoms with van der Waals surface area (Å²) in [5.74, 6) is -0.501. The zero-order chi connectivity index (χ0) is 15.8. The second-order valence-corrected chi connectivity index (χ2v) is 5.26. The van der Waals surface area contributed by atoms with Gasteiger partial charge in [0.2, 0.25) is 11.8 Å². The third-order valence-corrected chi connectivity index (χ3v) is 3.50. The van der Waals surface area contributed by atoms with E-state index in [1.807, 2.05) is 48.5 Å². The van der Waals surface area contributed by atoms with Gasteiger partial charge in [0, 0.05) is 11.4 Å². The van der Waals surface area contributed by atoms with Crippen molar-refractivity contribution < 1.29 is 9.59 Å². The first kappa shape index (κ1) is 16.0. The molecule has 5 heteroatoms. The minimum atomic E-state index is -0.253. The van der Waals surface area contributed by atoms with Crippen LogP contribution >= 0.6 is 11.6 Å². The molecule has 4 nitrogen and oxygen atoms in total. The van der Waals surface area contributed by atoms with Gasteiger partial charge in [-0.1, -0.05) is 60.1 Å². The van der Waals surface area contributed by atoms with Crippen LogP contribution in [0.5, 0.6) is 0 Å². The third-order valence-electron chi connectivity index (χ3n) is 3.13. The smallest absolute Gasteiger partial charge is 0.242 e. The molecule has 0 saturated carbocycles. The van der Waals surface area contributed by atoms with Crippen molar-refractivity contribution in [3.8, 4) is 0 Å². The number of benzene rings is 2. The number of hydrogen-bond donors (Lipinski definition) is 2.